The minimum atomic E-state index is -4.27. The van der Waals surface area contributed by atoms with Gasteiger partial charge in [-0.3, -0.25) is 13.8 Å². The van der Waals surface area contributed by atoms with Crippen LogP contribution in [-0.4, -0.2) is 75.6 Å². The maximum absolute atomic E-state index is 12.7. The molecule has 0 aliphatic carbocycles. The number of carbonyl (C=O) groups excluding carboxylic acids is 1. The molecule has 9 heteroatoms. The number of unbranched alkanes of at least 4 members (excludes halogenated alkanes) is 22. The molecule has 0 saturated heterocycles. The van der Waals surface area contributed by atoms with Crippen LogP contribution < -0.4 is 0 Å². The van der Waals surface area contributed by atoms with Gasteiger partial charge in [-0.2, -0.15) is 0 Å². The summed E-state index contributed by atoms with van der Waals surface area (Å²) in [7, 11) is 1.67. The van der Waals surface area contributed by atoms with E-state index < -0.39 is 13.9 Å². The number of esters is 1. The summed E-state index contributed by atoms with van der Waals surface area (Å²) >= 11 is 0. The summed E-state index contributed by atoms with van der Waals surface area (Å²) in [5, 5.41) is 0. The van der Waals surface area contributed by atoms with Gasteiger partial charge in [0.25, 0.3) is 0 Å². The second kappa shape index (κ2) is 35.9. The molecule has 0 saturated carbocycles. The molecule has 0 fully saturated rings. The number of hydrogen-bond donors (Lipinski definition) is 1. The molecule has 0 rings (SSSR count). The smallest absolute Gasteiger partial charge is 0.457 e. The number of hydrogen-bond acceptors (Lipinski definition) is 6. The van der Waals surface area contributed by atoms with Crippen molar-refractivity contribution in [3.05, 3.63) is 12.2 Å². The minimum Gasteiger partial charge on any atom is -0.457 e. The Hall–Kier alpha value is -0.760. The van der Waals surface area contributed by atoms with Crippen LogP contribution in [0.15, 0.2) is 12.2 Å². The quantitative estimate of drug-likeness (QED) is 0.0219. The van der Waals surface area contributed by atoms with Gasteiger partial charge in [0.05, 0.1) is 34.4 Å². The van der Waals surface area contributed by atoms with Gasteiger partial charge in [-0.1, -0.05) is 161 Å². The van der Waals surface area contributed by atoms with Gasteiger partial charge in [0, 0.05) is 13.0 Å². The van der Waals surface area contributed by atoms with Crippen molar-refractivity contribution in [3.8, 4) is 0 Å². The molecule has 0 amide bonds. The first-order valence-electron chi connectivity index (χ1n) is 21.8. The Bertz CT molecular complexity index is 861. The average Bonchev–Trinajstić information content (AvgIpc) is 3.07. The van der Waals surface area contributed by atoms with Crippen molar-refractivity contribution < 1.29 is 37.3 Å². The summed E-state index contributed by atoms with van der Waals surface area (Å²) in [6.07, 6.45) is 36.6. The Balaban J connectivity index is 4.22. The second-order valence-corrected chi connectivity index (χ2v) is 18.0. The van der Waals surface area contributed by atoms with Crippen LogP contribution in [0.2, 0.25) is 0 Å². The Morgan fingerprint density at radius 2 is 1.12 bits per heavy atom. The lowest BCUT2D eigenvalue weighted by atomic mass is 10.0. The van der Waals surface area contributed by atoms with Crippen molar-refractivity contribution in [2.75, 3.05) is 54.1 Å². The van der Waals surface area contributed by atoms with E-state index in [0.717, 1.165) is 38.0 Å². The molecule has 0 radical (unpaired) electrons. The van der Waals surface area contributed by atoms with Crippen molar-refractivity contribution >= 4 is 13.8 Å². The van der Waals surface area contributed by atoms with Gasteiger partial charge in [-0.05, 0) is 44.4 Å². The molecule has 52 heavy (non-hydrogen) atoms. The van der Waals surface area contributed by atoms with E-state index in [9.17, 15) is 14.3 Å². The van der Waals surface area contributed by atoms with E-state index >= 15 is 0 Å². The SMILES string of the molecule is CCCCCC/C=C\CCCCCCCCCC(=O)O[C@H](COCCCCCCCCCCCCCCC(C)C)COP(=O)(O)OCC[N+](C)(C)C. The van der Waals surface area contributed by atoms with Gasteiger partial charge >= 0.3 is 13.8 Å². The third kappa shape index (κ3) is 40.4. The van der Waals surface area contributed by atoms with E-state index in [1.54, 1.807) is 0 Å². The first kappa shape index (κ1) is 51.2. The maximum Gasteiger partial charge on any atom is 0.472 e. The van der Waals surface area contributed by atoms with E-state index in [2.05, 4.69) is 32.9 Å². The molecule has 0 aromatic carbocycles. The molecule has 0 bridgehead atoms. The summed E-state index contributed by atoms with van der Waals surface area (Å²) in [5.74, 6) is 0.519. The number of carbonyl (C=O) groups is 1. The lowest BCUT2D eigenvalue weighted by Crippen LogP contribution is -2.37. The van der Waals surface area contributed by atoms with Crippen molar-refractivity contribution in [1.29, 1.82) is 0 Å². The zero-order valence-corrected chi connectivity index (χ0v) is 36.1. The van der Waals surface area contributed by atoms with Gasteiger partial charge in [0.15, 0.2) is 0 Å². The highest BCUT2D eigenvalue weighted by atomic mass is 31.2. The highest BCUT2D eigenvalue weighted by molar-refractivity contribution is 7.47. The number of quaternary nitrogens is 1. The molecule has 0 aromatic heterocycles. The van der Waals surface area contributed by atoms with E-state index in [0.29, 0.717) is 24.1 Å². The molecule has 1 N–H and O–H groups in total. The molecule has 310 valence electrons. The van der Waals surface area contributed by atoms with Crippen LogP contribution in [0.1, 0.15) is 194 Å². The van der Waals surface area contributed by atoms with Crippen LogP contribution in [-0.2, 0) is 27.9 Å². The van der Waals surface area contributed by atoms with Crippen LogP contribution in [0.4, 0.5) is 0 Å². The molecule has 2 atom stereocenters. The number of allylic oxidation sites excluding steroid dienone is 2. The Morgan fingerprint density at radius 1 is 0.635 bits per heavy atom. The van der Waals surface area contributed by atoms with E-state index in [1.165, 1.54) is 135 Å². The van der Waals surface area contributed by atoms with E-state index in [4.69, 9.17) is 18.5 Å². The summed E-state index contributed by atoms with van der Waals surface area (Å²) in [6.45, 7) is 7.98. The van der Waals surface area contributed by atoms with Gasteiger partial charge in [-0.15, -0.1) is 0 Å². The predicted molar refractivity (Wildman–Crippen MR) is 220 cm³/mol. The van der Waals surface area contributed by atoms with Crippen molar-refractivity contribution in [1.82, 2.24) is 0 Å². The maximum atomic E-state index is 12.7. The monoisotopic (exact) mass is 761 g/mol. The summed E-state index contributed by atoms with van der Waals surface area (Å²) < 4.78 is 35.0. The van der Waals surface area contributed by atoms with Gasteiger partial charge < -0.3 is 18.9 Å². The number of ether oxygens (including phenoxy) is 2. The van der Waals surface area contributed by atoms with Crippen LogP contribution in [0.3, 0.4) is 0 Å². The zero-order valence-electron chi connectivity index (χ0n) is 35.2. The van der Waals surface area contributed by atoms with Crippen molar-refractivity contribution in [3.63, 3.8) is 0 Å². The highest BCUT2D eigenvalue weighted by Crippen LogP contribution is 2.43. The van der Waals surface area contributed by atoms with Crippen LogP contribution >= 0.6 is 7.82 Å². The molecule has 0 aliphatic heterocycles. The van der Waals surface area contributed by atoms with Gasteiger partial charge in [0.1, 0.15) is 19.3 Å². The minimum absolute atomic E-state index is 0.0903. The normalized spacial score (nSPS) is 14.0. The van der Waals surface area contributed by atoms with Crippen molar-refractivity contribution in [2.24, 2.45) is 5.92 Å². The number of likely N-dealkylation sites (N-methyl/N-ethyl adjacent to an activating group) is 1. The number of nitrogens with zero attached hydrogens (tertiary/aromatic N) is 1. The second-order valence-electron chi connectivity index (χ2n) is 16.6. The van der Waals surface area contributed by atoms with Crippen LogP contribution in [0, 0.1) is 5.92 Å². The predicted octanol–water partition coefficient (Wildman–Crippen LogP) is 12.5. The van der Waals surface area contributed by atoms with Crippen molar-refractivity contribution in [2.45, 2.75) is 200 Å². The first-order valence-corrected chi connectivity index (χ1v) is 23.3. The third-order valence-electron chi connectivity index (χ3n) is 9.50. The number of phosphoric ester groups is 1. The van der Waals surface area contributed by atoms with E-state index in [1.807, 2.05) is 21.1 Å². The van der Waals surface area contributed by atoms with E-state index in [-0.39, 0.29) is 25.8 Å². The fraction of sp³-hybridized carbons (Fsp3) is 0.930. The molecule has 0 spiro atoms. The zero-order chi connectivity index (χ0) is 38.6. The molecule has 0 aromatic rings. The Morgan fingerprint density at radius 3 is 1.63 bits per heavy atom. The topological polar surface area (TPSA) is 91.3 Å². The fourth-order valence-electron chi connectivity index (χ4n) is 6.08. The molecule has 0 heterocycles. The van der Waals surface area contributed by atoms with Gasteiger partial charge in [0.2, 0.25) is 0 Å². The summed E-state index contributed by atoms with van der Waals surface area (Å²) in [4.78, 5) is 22.9. The standard InChI is InChI=1S/C43H86NO7P/c1-7-8-9-10-11-12-13-14-15-16-20-23-26-29-32-35-43(45)51-42(40-50-52(46,47)49-38-36-44(4,5)6)39-48-37-33-30-27-24-21-18-17-19-22-25-28-31-34-41(2)3/h12-13,41-42H,7-11,14-40H2,1-6H3/p+1/b13-12-/t42-/m1/s1. The lowest BCUT2D eigenvalue weighted by Gasteiger charge is -2.24. The summed E-state index contributed by atoms with van der Waals surface area (Å²) in [5.41, 5.74) is 0. The third-order valence-corrected chi connectivity index (χ3v) is 10.5. The number of rotatable bonds is 40. The van der Waals surface area contributed by atoms with Gasteiger partial charge in [-0.25, -0.2) is 4.57 Å². The Kier molecular flexibility index (Phi) is 35.4. The average molecular weight is 761 g/mol. The van der Waals surface area contributed by atoms with Crippen LogP contribution in [0.25, 0.3) is 0 Å². The first-order chi connectivity index (χ1) is 24.9. The molecule has 1 unspecified atom stereocenters. The lowest BCUT2D eigenvalue weighted by molar-refractivity contribution is -0.870. The molecule has 0 aliphatic rings. The largest absolute Gasteiger partial charge is 0.472 e. The molecular formula is C43H87NO7P+. The highest BCUT2D eigenvalue weighted by Gasteiger charge is 2.26. The molecular weight excluding hydrogens is 673 g/mol. The molecule has 8 nitrogen and oxygen atoms in total. The fourth-order valence-corrected chi connectivity index (χ4v) is 6.83. The number of phosphoric acid groups is 1. The summed E-state index contributed by atoms with van der Waals surface area (Å²) in [6, 6.07) is 0. The van der Waals surface area contributed by atoms with Crippen LogP contribution in [0.5, 0.6) is 0 Å². The Labute approximate surface area is 322 Å².